The molecule has 0 bridgehead atoms. The number of fused-ring (bicyclic) bond motifs is 1. The first-order valence-electron chi connectivity index (χ1n) is 3.65. The van der Waals surface area contributed by atoms with Gasteiger partial charge < -0.3 is 0 Å². The SMILES string of the molecule is Br[As]1OCc2ccccc2CO1. The fourth-order valence-corrected chi connectivity index (χ4v) is 3.35. The summed E-state index contributed by atoms with van der Waals surface area (Å²) in [5.41, 5.74) is 2.49. The van der Waals surface area contributed by atoms with E-state index in [1.54, 1.807) is 0 Å². The van der Waals surface area contributed by atoms with E-state index in [9.17, 15) is 0 Å². The fraction of sp³-hybridized carbons (Fsp3) is 0.250. The molecule has 0 N–H and O–H groups in total. The van der Waals surface area contributed by atoms with Gasteiger partial charge in [0.2, 0.25) is 0 Å². The van der Waals surface area contributed by atoms with Gasteiger partial charge in [-0.3, -0.25) is 0 Å². The molecule has 0 unspecified atom stereocenters. The van der Waals surface area contributed by atoms with Crippen LogP contribution in [0.4, 0.5) is 0 Å². The Kier molecular flexibility index (Phi) is 2.87. The average molecular weight is 291 g/mol. The Balaban J connectivity index is 2.26. The van der Waals surface area contributed by atoms with E-state index in [2.05, 4.69) is 26.1 Å². The van der Waals surface area contributed by atoms with Crippen molar-refractivity contribution < 1.29 is 7.45 Å². The van der Waals surface area contributed by atoms with Gasteiger partial charge in [0.15, 0.2) is 0 Å². The van der Waals surface area contributed by atoms with Gasteiger partial charge in [-0.2, -0.15) is 0 Å². The first-order chi connectivity index (χ1) is 5.86. The topological polar surface area (TPSA) is 18.5 Å². The molecule has 0 radical (unpaired) electrons. The average Bonchev–Trinajstić information content (AvgIpc) is 2.29. The van der Waals surface area contributed by atoms with Gasteiger partial charge in [-0.15, -0.1) is 0 Å². The van der Waals surface area contributed by atoms with Crippen LogP contribution >= 0.6 is 13.9 Å². The first-order valence-corrected chi connectivity index (χ1v) is 9.57. The van der Waals surface area contributed by atoms with Gasteiger partial charge in [0.05, 0.1) is 0 Å². The summed E-state index contributed by atoms with van der Waals surface area (Å²) in [7, 11) is 0. The molecule has 64 valence electrons. The monoisotopic (exact) mass is 290 g/mol. The molecule has 1 heterocycles. The third-order valence-electron chi connectivity index (χ3n) is 1.76. The molecule has 1 aromatic carbocycles. The molecule has 1 aliphatic heterocycles. The van der Waals surface area contributed by atoms with E-state index >= 15 is 0 Å². The van der Waals surface area contributed by atoms with Crippen molar-refractivity contribution in [3.8, 4) is 0 Å². The van der Waals surface area contributed by atoms with Crippen LogP contribution < -0.4 is 0 Å². The second-order valence-corrected chi connectivity index (χ2v) is 7.51. The molecule has 2 rings (SSSR count). The normalized spacial score (nSPS) is 18.4. The maximum absolute atomic E-state index is 5.47. The zero-order chi connectivity index (χ0) is 8.39. The van der Waals surface area contributed by atoms with Gasteiger partial charge >= 0.3 is 83.5 Å². The second kappa shape index (κ2) is 3.92. The minimum atomic E-state index is -1.58. The van der Waals surface area contributed by atoms with Crippen molar-refractivity contribution in [2.75, 3.05) is 0 Å². The summed E-state index contributed by atoms with van der Waals surface area (Å²) in [5.74, 6) is 0. The van der Waals surface area contributed by atoms with Crippen molar-refractivity contribution >= 4 is 27.4 Å². The molecule has 12 heavy (non-hydrogen) atoms. The summed E-state index contributed by atoms with van der Waals surface area (Å²) >= 11 is 1.82. The van der Waals surface area contributed by atoms with Gasteiger partial charge in [0.1, 0.15) is 0 Å². The van der Waals surface area contributed by atoms with Crippen LogP contribution in [0.1, 0.15) is 11.1 Å². The Bertz CT molecular complexity index is 253. The molecular formula is C8H8AsBrO2. The van der Waals surface area contributed by atoms with E-state index in [1.807, 2.05) is 12.1 Å². The molecule has 0 aliphatic carbocycles. The molecular weight excluding hydrogens is 283 g/mol. The molecule has 0 fully saturated rings. The summed E-state index contributed by atoms with van der Waals surface area (Å²) in [6.07, 6.45) is 0. The molecule has 1 aliphatic rings. The van der Waals surface area contributed by atoms with Crippen LogP contribution in [-0.4, -0.2) is 13.5 Å². The van der Waals surface area contributed by atoms with Gasteiger partial charge in [-0.1, -0.05) is 0 Å². The Labute approximate surface area is 83.4 Å². The summed E-state index contributed by atoms with van der Waals surface area (Å²) in [6, 6.07) is 8.22. The molecule has 0 saturated heterocycles. The van der Waals surface area contributed by atoms with E-state index in [0.29, 0.717) is 13.2 Å². The quantitative estimate of drug-likeness (QED) is 0.682. The Morgan fingerprint density at radius 2 is 1.58 bits per heavy atom. The predicted molar refractivity (Wildman–Crippen MR) is 50.7 cm³/mol. The third kappa shape index (κ3) is 1.91. The zero-order valence-corrected chi connectivity index (χ0v) is 9.83. The van der Waals surface area contributed by atoms with Crippen LogP contribution in [-0.2, 0) is 20.7 Å². The number of hydrogen-bond acceptors (Lipinski definition) is 2. The van der Waals surface area contributed by atoms with Crippen molar-refractivity contribution in [3.05, 3.63) is 35.4 Å². The standard InChI is InChI=1S/C8H8AsBrO2/c10-9-11-5-7-3-1-2-4-8(7)6-12-9/h1-4H,5-6H2. The van der Waals surface area contributed by atoms with Crippen LogP contribution in [0.5, 0.6) is 0 Å². The Morgan fingerprint density at radius 1 is 1.08 bits per heavy atom. The molecule has 2 nitrogen and oxygen atoms in total. The molecule has 4 heteroatoms. The number of halogens is 1. The number of benzene rings is 1. The zero-order valence-electron chi connectivity index (χ0n) is 6.37. The van der Waals surface area contributed by atoms with Crippen LogP contribution in [0.25, 0.3) is 0 Å². The first kappa shape index (κ1) is 8.76. The summed E-state index contributed by atoms with van der Waals surface area (Å²) in [4.78, 5) is 0. The van der Waals surface area contributed by atoms with Crippen molar-refractivity contribution in [2.24, 2.45) is 0 Å². The van der Waals surface area contributed by atoms with Crippen LogP contribution in [0, 0.1) is 0 Å². The molecule has 0 aromatic heterocycles. The fourth-order valence-electron chi connectivity index (χ4n) is 1.12. The van der Waals surface area contributed by atoms with Crippen molar-refractivity contribution in [3.63, 3.8) is 0 Å². The van der Waals surface area contributed by atoms with E-state index in [1.165, 1.54) is 11.1 Å². The van der Waals surface area contributed by atoms with Gasteiger partial charge in [0, 0.05) is 0 Å². The van der Waals surface area contributed by atoms with Crippen LogP contribution in [0.2, 0.25) is 0 Å². The number of rotatable bonds is 0. The van der Waals surface area contributed by atoms with E-state index in [4.69, 9.17) is 7.45 Å². The van der Waals surface area contributed by atoms with Gasteiger partial charge in [-0.25, -0.2) is 0 Å². The number of hydrogen-bond donors (Lipinski definition) is 0. The molecule has 0 spiro atoms. The summed E-state index contributed by atoms with van der Waals surface area (Å²) < 4.78 is 10.9. The molecule has 1 aromatic rings. The van der Waals surface area contributed by atoms with Crippen LogP contribution in [0.3, 0.4) is 0 Å². The van der Waals surface area contributed by atoms with Crippen molar-refractivity contribution in [1.29, 1.82) is 0 Å². The summed E-state index contributed by atoms with van der Waals surface area (Å²) in [5, 5.41) is 0. The van der Waals surface area contributed by atoms with Gasteiger partial charge in [0.25, 0.3) is 0 Å². The van der Waals surface area contributed by atoms with Gasteiger partial charge in [-0.05, 0) is 0 Å². The Morgan fingerprint density at radius 3 is 2.08 bits per heavy atom. The molecule has 0 saturated carbocycles. The molecule has 0 amide bonds. The van der Waals surface area contributed by atoms with E-state index in [0.717, 1.165) is 0 Å². The third-order valence-corrected chi connectivity index (χ3v) is 5.28. The summed E-state index contributed by atoms with van der Waals surface area (Å²) in [6.45, 7) is 1.36. The van der Waals surface area contributed by atoms with E-state index in [-0.39, 0.29) is 0 Å². The maximum atomic E-state index is 5.47. The van der Waals surface area contributed by atoms with Crippen molar-refractivity contribution in [2.45, 2.75) is 13.2 Å². The van der Waals surface area contributed by atoms with Crippen molar-refractivity contribution in [1.82, 2.24) is 0 Å². The minimum absolute atomic E-state index is 0.682. The van der Waals surface area contributed by atoms with E-state index < -0.39 is 13.5 Å². The predicted octanol–water partition coefficient (Wildman–Crippen LogP) is 2.11. The van der Waals surface area contributed by atoms with Crippen LogP contribution in [0.15, 0.2) is 24.3 Å². The second-order valence-electron chi connectivity index (χ2n) is 2.53. The molecule has 0 atom stereocenters. The Hall–Kier alpha value is 0.178.